The average Bonchev–Trinajstić information content (AvgIpc) is 3.42. The molecular weight excluding hydrogens is 516 g/mol. The van der Waals surface area contributed by atoms with Gasteiger partial charge in [-0.1, -0.05) is 66.7 Å². The molecule has 3 N–H and O–H groups in total. The number of rotatable bonds is 7. The third kappa shape index (κ3) is 5.55. The maximum absolute atomic E-state index is 13.2. The minimum Gasteiger partial charge on any atom is -0.507 e. The fraction of sp³-hybridized carbons (Fsp3) is 0.182. The van der Waals surface area contributed by atoms with Gasteiger partial charge in [-0.15, -0.1) is 0 Å². The summed E-state index contributed by atoms with van der Waals surface area (Å²) in [6.45, 7) is 1.92. The van der Waals surface area contributed by atoms with Gasteiger partial charge in [-0.2, -0.15) is 0 Å². The third-order valence-electron chi connectivity index (χ3n) is 7.69. The fourth-order valence-corrected chi connectivity index (χ4v) is 5.52. The lowest BCUT2D eigenvalue weighted by Gasteiger charge is -2.39. The Hall–Kier alpha value is -4.95. The summed E-state index contributed by atoms with van der Waals surface area (Å²) in [5, 5.41) is 22.0. The van der Waals surface area contributed by atoms with Crippen LogP contribution in [-0.2, 0) is 22.6 Å². The molecule has 41 heavy (non-hydrogen) atoms. The second-order valence-corrected chi connectivity index (χ2v) is 10.4. The van der Waals surface area contributed by atoms with Crippen molar-refractivity contribution in [1.82, 2.24) is 19.8 Å². The molecule has 1 aliphatic heterocycles. The molecule has 1 fully saturated rings. The number of piperazine rings is 1. The molecule has 0 saturated carbocycles. The molecule has 8 nitrogen and oxygen atoms in total. The van der Waals surface area contributed by atoms with Crippen molar-refractivity contribution < 1.29 is 19.8 Å². The number of amides is 1. The number of carboxylic acid groups (broad SMARTS) is 1. The van der Waals surface area contributed by atoms with Crippen molar-refractivity contribution in [2.75, 3.05) is 19.6 Å². The Morgan fingerprint density at radius 2 is 1.68 bits per heavy atom. The van der Waals surface area contributed by atoms with Gasteiger partial charge in [0, 0.05) is 48.9 Å². The molecule has 0 radical (unpaired) electrons. The van der Waals surface area contributed by atoms with E-state index in [1.165, 1.54) is 4.90 Å². The molecule has 1 saturated heterocycles. The van der Waals surface area contributed by atoms with E-state index in [2.05, 4.69) is 14.9 Å². The van der Waals surface area contributed by atoms with Gasteiger partial charge in [-0.3, -0.25) is 14.7 Å². The van der Waals surface area contributed by atoms with Crippen molar-refractivity contribution in [3.05, 3.63) is 108 Å². The molecular formula is C33H30N4O4. The number of aliphatic carboxylic acids is 1. The summed E-state index contributed by atoms with van der Waals surface area (Å²) in [7, 11) is 0. The van der Waals surface area contributed by atoms with E-state index in [4.69, 9.17) is 0 Å². The Balaban J connectivity index is 1.15. The molecule has 2 aromatic heterocycles. The Morgan fingerprint density at radius 3 is 2.44 bits per heavy atom. The Morgan fingerprint density at radius 1 is 0.902 bits per heavy atom. The normalized spacial score (nSPS) is 15.7. The maximum atomic E-state index is 13.2. The van der Waals surface area contributed by atoms with E-state index >= 15 is 0 Å². The molecule has 5 aromatic rings. The minimum absolute atomic E-state index is 0.109. The summed E-state index contributed by atoms with van der Waals surface area (Å²) in [6, 6.07) is 26.0. The first-order valence-corrected chi connectivity index (χ1v) is 13.6. The quantitative estimate of drug-likeness (QED) is 0.267. The van der Waals surface area contributed by atoms with Gasteiger partial charge in [0.2, 0.25) is 5.91 Å². The van der Waals surface area contributed by atoms with Crippen LogP contribution in [0.2, 0.25) is 0 Å². The number of benzene rings is 3. The van der Waals surface area contributed by atoms with Crippen molar-refractivity contribution in [3.8, 4) is 28.1 Å². The summed E-state index contributed by atoms with van der Waals surface area (Å²) in [4.78, 5) is 36.3. The van der Waals surface area contributed by atoms with E-state index in [0.717, 1.165) is 33.3 Å². The molecule has 1 unspecified atom stereocenters. The number of para-hydroxylation sites is 1. The van der Waals surface area contributed by atoms with Crippen LogP contribution >= 0.6 is 0 Å². The van der Waals surface area contributed by atoms with E-state index in [0.29, 0.717) is 30.8 Å². The lowest BCUT2D eigenvalue weighted by molar-refractivity contribution is -0.153. The number of H-pyrrole nitrogens is 1. The van der Waals surface area contributed by atoms with Crippen molar-refractivity contribution in [1.29, 1.82) is 0 Å². The molecule has 6 rings (SSSR count). The molecule has 1 amide bonds. The molecule has 0 spiro atoms. The van der Waals surface area contributed by atoms with E-state index in [-0.39, 0.29) is 24.6 Å². The highest BCUT2D eigenvalue weighted by molar-refractivity contribution is 5.89. The summed E-state index contributed by atoms with van der Waals surface area (Å²) in [5.41, 5.74) is 5.77. The van der Waals surface area contributed by atoms with Gasteiger partial charge in [0.15, 0.2) is 0 Å². The van der Waals surface area contributed by atoms with Crippen LogP contribution in [0, 0.1) is 0 Å². The number of phenolic OH excluding ortho intramolecular Hbond substituents is 1. The minimum atomic E-state index is -0.993. The zero-order chi connectivity index (χ0) is 28.3. The Bertz CT molecular complexity index is 1670. The van der Waals surface area contributed by atoms with Gasteiger partial charge in [0.1, 0.15) is 11.8 Å². The van der Waals surface area contributed by atoms with Crippen LogP contribution < -0.4 is 0 Å². The second kappa shape index (κ2) is 11.3. The van der Waals surface area contributed by atoms with Gasteiger partial charge in [0.05, 0.1) is 23.8 Å². The summed E-state index contributed by atoms with van der Waals surface area (Å²) < 4.78 is 0. The largest absolute Gasteiger partial charge is 0.507 e. The summed E-state index contributed by atoms with van der Waals surface area (Å²) in [6.07, 6.45) is 3.59. The SMILES string of the molecule is O=C(O)C1CN(Cc2ccccc2)CCN1C(=O)Cc1ccc(-c2cccc(-c3cc4ccncc4[nH]3)c2O)cc1. The Kier molecular flexibility index (Phi) is 7.22. The third-order valence-corrected chi connectivity index (χ3v) is 7.69. The van der Waals surface area contributed by atoms with Gasteiger partial charge < -0.3 is 20.1 Å². The van der Waals surface area contributed by atoms with E-state index in [1.807, 2.05) is 84.9 Å². The zero-order valence-corrected chi connectivity index (χ0v) is 22.4. The van der Waals surface area contributed by atoms with Crippen LogP contribution in [0.15, 0.2) is 97.3 Å². The van der Waals surface area contributed by atoms with Crippen LogP contribution in [0.4, 0.5) is 0 Å². The summed E-state index contributed by atoms with van der Waals surface area (Å²) >= 11 is 0. The standard InChI is InChI=1S/C33H30N4O4/c38-31(37-16-15-36(21-30(37)33(40)41)20-23-5-2-1-3-6-23)17-22-9-11-24(12-10-22)26-7-4-8-27(32(26)39)28-18-25-13-14-34-19-29(25)35-28/h1-14,18-19,30,35,39H,15-17,20-21H2,(H,40,41). The average molecular weight is 547 g/mol. The number of nitrogens with one attached hydrogen (secondary N) is 1. The molecule has 3 aromatic carbocycles. The van der Waals surface area contributed by atoms with Crippen LogP contribution in [0.1, 0.15) is 11.1 Å². The van der Waals surface area contributed by atoms with Gasteiger partial charge in [0.25, 0.3) is 0 Å². The highest BCUT2D eigenvalue weighted by Crippen LogP contribution is 2.38. The predicted octanol–water partition coefficient (Wildman–Crippen LogP) is 4.94. The molecule has 0 aliphatic carbocycles. The number of hydrogen-bond donors (Lipinski definition) is 3. The predicted molar refractivity (Wildman–Crippen MR) is 157 cm³/mol. The van der Waals surface area contributed by atoms with E-state index in [1.54, 1.807) is 12.4 Å². The molecule has 1 atom stereocenters. The topological polar surface area (TPSA) is 110 Å². The number of pyridine rings is 1. The number of carboxylic acids is 1. The molecule has 3 heterocycles. The van der Waals surface area contributed by atoms with Gasteiger partial charge in [-0.05, 0) is 34.9 Å². The van der Waals surface area contributed by atoms with Crippen LogP contribution in [0.5, 0.6) is 5.75 Å². The first kappa shape index (κ1) is 26.3. The zero-order valence-electron chi connectivity index (χ0n) is 22.4. The lowest BCUT2D eigenvalue weighted by Crippen LogP contribution is -2.58. The highest BCUT2D eigenvalue weighted by atomic mass is 16.4. The molecule has 206 valence electrons. The molecule has 0 bridgehead atoms. The number of aromatic nitrogens is 2. The van der Waals surface area contributed by atoms with Crippen molar-refractivity contribution >= 4 is 22.8 Å². The van der Waals surface area contributed by atoms with E-state index in [9.17, 15) is 19.8 Å². The highest BCUT2D eigenvalue weighted by Gasteiger charge is 2.35. The number of carbonyl (C=O) groups excluding carboxylic acids is 1. The number of nitrogens with zero attached hydrogens (tertiary/aromatic N) is 3. The number of phenols is 1. The number of aromatic amines is 1. The summed E-state index contributed by atoms with van der Waals surface area (Å²) in [5.74, 6) is -1.04. The van der Waals surface area contributed by atoms with Crippen LogP contribution in [0.25, 0.3) is 33.3 Å². The number of fused-ring (bicyclic) bond motifs is 1. The first-order chi connectivity index (χ1) is 20.0. The van der Waals surface area contributed by atoms with Crippen molar-refractivity contribution in [3.63, 3.8) is 0 Å². The van der Waals surface area contributed by atoms with Crippen molar-refractivity contribution in [2.24, 2.45) is 0 Å². The lowest BCUT2D eigenvalue weighted by atomic mass is 9.98. The van der Waals surface area contributed by atoms with Gasteiger partial charge in [-0.25, -0.2) is 4.79 Å². The fourth-order valence-electron chi connectivity index (χ4n) is 5.52. The van der Waals surface area contributed by atoms with Crippen LogP contribution in [0.3, 0.4) is 0 Å². The molecule has 1 aliphatic rings. The van der Waals surface area contributed by atoms with Gasteiger partial charge >= 0.3 is 5.97 Å². The number of hydrogen-bond acceptors (Lipinski definition) is 5. The number of carbonyl (C=O) groups is 2. The van der Waals surface area contributed by atoms with E-state index < -0.39 is 12.0 Å². The first-order valence-electron chi connectivity index (χ1n) is 13.6. The van der Waals surface area contributed by atoms with Crippen molar-refractivity contribution in [2.45, 2.75) is 19.0 Å². The maximum Gasteiger partial charge on any atom is 0.327 e. The Labute approximate surface area is 237 Å². The van der Waals surface area contributed by atoms with Crippen LogP contribution in [-0.4, -0.2) is 67.5 Å². The molecule has 8 heteroatoms. The monoisotopic (exact) mass is 546 g/mol. The smallest absolute Gasteiger partial charge is 0.327 e. The number of aromatic hydroxyl groups is 1. The second-order valence-electron chi connectivity index (χ2n) is 10.4.